The first-order valence-electron chi connectivity index (χ1n) is 9.47. The third kappa shape index (κ3) is 4.07. The number of amides is 3. The Kier molecular flexibility index (Phi) is 6.43. The summed E-state index contributed by atoms with van der Waals surface area (Å²) in [5.74, 6) is 1.09. The molecule has 3 amide bonds. The van der Waals surface area contributed by atoms with Crippen molar-refractivity contribution in [2.75, 3.05) is 47.6 Å². The molecule has 8 nitrogen and oxygen atoms in total. The zero-order chi connectivity index (χ0) is 21.0. The number of carbonyl (C=O) groups is 2. The molecule has 0 aromatic heterocycles. The number of hydrogen-bond acceptors (Lipinski definition) is 5. The second-order valence-corrected chi connectivity index (χ2v) is 6.86. The van der Waals surface area contributed by atoms with E-state index in [-0.39, 0.29) is 11.9 Å². The molecule has 29 heavy (non-hydrogen) atoms. The number of benzene rings is 1. The van der Waals surface area contributed by atoms with E-state index in [2.05, 4.69) is 11.9 Å². The Hall–Kier alpha value is -3.00. The average molecular weight is 401 g/mol. The quantitative estimate of drug-likeness (QED) is 0.506. The van der Waals surface area contributed by atoms with E-state index in [1.807, 2.05) is 12.1 Å². The molecular weight excluding hydrogens is 374 g/mol. The van der Waals surface area contributed by atoms with Gasteiger partial charge in [-0.1, -0.05) is 6.08 Å². The molecule has 0 radical (unpaired) electrons. The number of ether oxygens (including phenoxy) is 3. The Morgan fingerprint density at radius 2 is 1.86 bits per heavy atom. The standard InChI is InChI=1S/C21H27N3O5/c1-5-7-24-17-13-23(8-6-9-27-2)20(25)18(17)19(22-21(24)26)14-10-15(28-3)12-16(11-14)29-4/h5,10-12,19H,1,6-9,13H2,2-4H3,(H,22,26)/t19-/m0/s1. The summed E-state index contributed by atoms with van der Waals surface area (Å²) in [4.78, 5) is 29.4. The van der Waals surface area contributed by atoms with Crippen molar-refractivity contribution in [2.45, 2.75) is 12.5 Å². The molecule has 1 aromatic rings. The molecule has 156 valence electrons. The van der Waals surface area contributed by atoms with Gasteiger partial charge in [-0.05, 0) is 24.1 Å². The van der Waals surface area contributed by atoms with Gasteiger partial charge in [0.25, 0.3) is 5.91 Å². The number of carbonyl (C=O) groups excluding carboxylic acids is 2. The number of rotatable bonds is 9. The first kappa shape index (κ1) is 20.7. The minimum absolute atomic E-state index is 0.0862. The normalized spacial score (nSPS) is 18.7. The minimum Gasteiger partial charge on any atom is -0.497 e. The van der Waals surface area contributed by atoms with Gasteiger partial charge in [-0.3, -0.25) is 9.69 Å². The van der Waals surface area contributed by atoms with Crippen molar-refractivity contribution in [1.29, 1.82) is 0 Å². The van der Waals surface area contributed by atoms with Crippen molar-refractivity contribution < 1.29 is 23.8 Å². The molecule has 0 spiro atoms. The van der Waals surface area contributed by atoms with Crippen LogP contribution in [0.25, 0.3) is 0 Å². The van der Waals surface area contributed by atoms with Gasteiger partial charge in [0.15, 0.2) is 0 Å². The van der Waals surface area contributed by atoms with E-state index in [9.17, 15) is 9.59 Å². The summed E-state index contributed by atoms with van der Waals surface area (Å²) in [5.41, 5.74) is 2.01. The summed E-state index contributed by atoms with van der Waals surface area (Å²) in [6.07, 6.45) is 2.38. The Bertz CT molecular complexity index is 813. The van der Waals surface area contributed by atoms with Crippen LogP contribution in [-0.2, 0) is 9.53 Å². The molecule has 8 heteroatoms. The lowest BCUT2D eigenvalue weighted by Gasteiger charge is -2.33. The fraction of sp³-hybridized carbons (Fsp3) is 0.429. The summed E-state index contributed by atoms with van der Waals surface area (Å²) >= 11 is 0. The Morgan fingerprint density at radius 3 is 2.45 bits per heavy atom. The average Bonchev–Trinajstić information content (AvgIpc) is 3.06. The molecule has 0 unspecified atom stereocenters. The first-order chi connectivity index (χ1) is 14.0. The predicted octanol–water partition coefficient (Wildman–Crippen LogP) is 2.09. The fourth-order valence-corrected chi connectivity index (χ4v) is 3.70. The minimum atomic E-state index is -0.581. The van der Waals surface area contributed by atoms with E-state index in [1.165, 1.54) is 0 Å². The molecular formula is C21H27N3O5. The number of nitrogens with zero attached hydrogens (tertiary/aromatic N) is 2. The van der Waals surface area contributed by atoms with Crippen LogP contribution in [0, 0.1) is 0 Å². The van der Waals surface area contributed by atoms with Crippen LogP contribution in [0.15, 0.2) is 42.1 Å². The molecule has 1 N–H and O–H groups in total. The van der Waals surface area contributed by atoms with Crippen molar-refractivity contribution >= 4 is 11.9 Å². The van der Waals surface area contributed by atoms with E-state index in [4.69, 9.17) is 14.2 Å². The maximum absolute atomic E-state index is 13.2. The summed E-state index contributed by atoms with van der Waals surface area (Å²) in [6.45, 7) is 5.58. The van der Waals surface area contributed by atoms with E-state index < -0.39 is 6.04 Å². The van der Waals surface area contributed by atoms with Crippen molar-refractivity contribution in [3.05, 3.63) is 47.7 Å². The van der Waals surface area contributed by atoms with Crippen LogP contribution in [0.5, 0.6) is 11.5 Å². The van der Waals surface area contributed by atoms with Gasteiger partial charge < -0.3 is 24.4 Å². The smallest absolute Gasteiger partial charge is 0.322 e. The monoisotopic (exact) mass is 401 g/mol. The van der Waals surface area contributed by atoms with E-state index in [0.29, 0.717) is 49.0 Å². The molecule has 2 aliphatic heterocycles. The van der Waals surface area contributed by atoms with Crippen molar-refractivity contribution in [2.24, 2.45) is 0 Å². The van der Waals surface area contributed by atoms with Crippen LogP contribution < -0.4 is 14.8 Å². The molecule has 2 aliphatic rings. The number of hydrogen-bond donors (Lipinski definition) is 1. The third-order valence-corrected chi connectivity index (χ3v) is 5.09. The molecule has 1 aromatic carbocycles. The van der Waals surface area contributed by atoms with Crippen LogP contribution in [-0.4, -0.2) is 69.3 Å². The van der Waals surface area contributed by atoms with Gasteiger partial charge in [0, 0.05) is 32.9 Å². The largest absolute Gasteiger partial charge is 0.497 e. The second-order valence-electron chi connectivity index (χ2n) is 6.86. The summed E-state index contributed by atoms with van der Waals surface area (Å²) in [6, 6.07) is 4.52. The highest BCUT2D eigenvalue weighted by Crippen LogP contribution is 2.38. The molecule has 0 bridgehead atoms. The van der Waals surface area contributed by atoms with Gasteiger partial charge in [0.1, 0.15) is 11.5 Å². The van der Waals surface area contributed by atoms with Gasteiger partial charge in [0.2, 0.25) is 0 Å². The van der Waals surface area contributed by atoms with Crippen LogP contribution in [0.1, 0.15) is 18.0 Å². The zero-order valence-corrected chi connectivity index (χ0v) is 17.1. The van der Waals surface area contributed by atoms with Crippen LogP contribution >= 0.6 is 0 Å². The van der Waals surface area contributed by atoms with Gasteiger partial charge in [0.05, 0.1) is 38.1 Å². The molecule has 1 atom stereocenters. The second kappa shape index (κ2) is 9.00. The topological polar surface area (TPSA) is 80.3 Å². The highest BCUT2D eigenvalue weighted by Gasteiger charge is 2.43. The van der Waals surface area contributed by atoms with E-state index in [0.717, 1.165) is 12.0 Å². The van der Waals surface area contributed by atoms with Crippen LogP contribution in [0.2, 0.25) is 0 Å². The highest BCUT2D eigenvalue weighted by atomic mass is 16.5. The zero-order valence-electron chi connectivity index (χ0n) is 17.1. The molecule has 0 saturated carbocycles. The van der Waals surface area contributed by atoms with Crippen molar-refractivity contribution in [1.82, 2.24) is 15.1 Å². The predicted molar refractivity (Wildman–Crippen MR) is 108 cm³/mol. The Morgan fingerprint density at radius 1 is 1.17 bits per heavy atom. The van der Waals surface area contributed by atoms with Crippen LogP contribution in [0.4, 0.5) is 4.79 Å². The number of nitrogens with one attached hydrogen (secondary N) is 1. The summed E-state index contributed by atoms with van der Waals surface area (Å²) in [5, 5.41) is 2.96. The number of methoxy groups -OCH3 is 3. The van der Waals surface area contributed by atoms with Gasteiger partial charge in [-0.15, -0.1) is 6.58 Å². The third-order valence-electron chi connectivity index (χ3n) is 5.09. The van der Waals surface area contributed by atoms with Gasteiger partial charge in [-0.2, -0.15) is 0 Å². The SMILES string of the molecule is C=CCN1C(=O)N[C@@H](c2cc(OC)cc(OC)c2)C2=C1CN(CCCOC)C2=O. The summed E-state index contributed by atoms with van der Waals surface area (Å²) in [7, 11) is 4.76. The van der Waals surface area contributed by atoms with Gasteiger partial charge >= 0.3 is 6.03 Å². The first-order valence-corrected chi connectivity index (χ1v) is 9.47. The lowest BCUT2D eigenvalue weighted by molar-refractivity contribution is -0.125. The lowest BCUT2D eigenvalue weighted by atomic mass is 9.95. The molecule has 0 fully saturated rings. The molecule has 0 saturated heterocycles. The maximum atomic E-state index is 13.2. The maximum Gasteiger partial charge on any atom is 0.322 e. The Labute approximate surface area is 170 Å². The molecule has 3 rings (SSSR count). The van der Waals surface area contributed by atoms with E-state index >= 15 is 0 Å². The number of urea groups is 1. The van der Waals surface area contributed by atoms with E-state index in [1.54, 1.807) is 43.3 Å². The fourth-order valence-electron chi connectivity index (χ4n) is 3.70. The van der Waals surface area contributed by atoms with Crippen LogP contribution in [0.3, 0.4) is 0 Å². The van der Waals surface area contributed by atoms with Gasteiger partial charge in [-0.25, -0.2) is 4.79 Å². The van der Waals surface area contributed by atoms with Crippen molar-refractivity contribution in [3.8, 4) is 11.5 Å². The Balaban J connectivity index is 2.01. The highest BCUT2D eigenvalue weighted by molar-refractivity contribution is 6.01. The van der Waals surface area contributed by atoms with Crippen molar-refractivity contribution in [3.63, 3.8) is 0 Å². The summed E-state index contributed by atoms with van der Waals surface area (Å²) < 4.78 is 15.8. The molecule has 2 heterocycles. The lowest BCUT2D eigenvalue weighted by Crippen LogP contribution is -2.47. The molecule has 0 aliphatic carbocycles.